The molecule has 0 bridgehead atoms. The lowest BCUT2D eigenvalue weighted by Gasteiger charge is -2.28. The SMILES string of the molecule is CCC(CC)(CN)C(=O)NCc1ccc(=O)[nH]c1. The van der Waals surface area contributed by atoms with Crippen molar-refractivity contribution in [1.29, 1.82) is 0 Å². The Morgan fingerprint density at radius 2 is 2.06 bits per heavy atom. The van der Waals surface area contributed by atoms with Crippen LogP contribution >= 0.6 is 0 Å². The van der Waals surface area contributed by atoms with Crippen molar-refractivity contribution in [3.8, 4) is 0 Å². The summed E-state index contributed by atoms with van der Waals surface area (Å²) < 4.78 is 0. The van der Waals surface area contributed by atoms with E-state index in [1.54, 1.807) is 12.3 Å². The molecule has 0 spiro atoms. The van der Waals surface area contributed by atoms with Gasteiger partial charge in [0, 0.05) is 25.4 Å². The van der Waals surface area contributed by atoms with Crippen molar-refractivity contribution in [2.45, 2.75) is 33.2 Å². The van der Waals surface area contributed by atoms with Crippen LogP contribution in [0.4, 0.5) is 0 Å². The summed E-state index contributed by atoms with van der Waals surface area (Å²) in [6.45, 7) is 4.68. The molecule has 0 unspecified atom stereocenters. The van der Waals surface area contributed by atoms with Gasteiger partial charge in [0.15, 0.2) is 0 Å². The number of hydrogen-bond donors (Lipinski definition) is 3. The first-order valence-electron chi connectivity index (χ1n) is 6.24. The van der Waals surface area contributed by atoms with E-state index in [1.165, 1.54) is 6.07 Å². The molecule has 0 fully saturated rings. The molecular weight excluding hydrogens is 230 g/mol. The van der Waals surface area contributed by atoms with Gasteiger partial charge in [-0.1, -0.05) is 19.9 Å². The molecule has 0 saturated carbocycles. The van der Waals surface area contributed by atoms with Gasteiger partial charge in [-0.3, -0.25) is 9.59 Å². The normalized spacial score (nSPS) is 11.3. The monoisotopic (exact) mass is 251 g/mol. The van der Waals surface area contributed by atoms with Gasteiger partial charge in [0.1, 0.15) is 0 Å². The molecule has 1 rings (SSSR count). The minimum Gasteiger partial charge on any atom is -0.351 e. The molecule has 5 nitrogen and oxygen atoms in total. The maximum absolute atomic E-state index is 12.1. The second-order valence-corrected chi connectivity index (χ2v) is 4.44. The Morgan fingerprint density at radius 1 is 1.39 bits per heavy atom. The summed E-state index contributed by atoms with van der Waals surface area (Å²) >= 11 is 0. The van der Waals surface area contributed by atoms with Gasteiger partial charge in [0.2, 0.25) is 11.5 Å². The van der Waals surface area contributed by atoms with Crippen molar-refractivity contribution in [2.24, 2.45) is 11.1 Å². The van der Waals surface area contributed by atoms with Crippen LogP contribution in [0.15, 0.2) is 23.1 Å². The summed E-state index contributed by atoms with van der Waals surface area (Å²) in [6, 6.07) is 3.14. The molecule has 0 saturated heterocycles. The Bertz CT molecular complexity index is 421. The minimum atomic E-state index is -0.484. The second kappa shape index (κ2) is 6.35. The molecule has 0 atom stereocenters. The van der Waals surface area contributed by atoms with Crippen LogP contribution < -0.4 is 16.6 Å². The van der Waals surface area contributed by atoms with Gasteiger partial charge < -0.3 is 16.0 Å². The van der Waals surface area contributed by atoms with E-state index in [4.69, 9.17) is 5.73 Å². The molecule has 0 radical (unpaired) electrons. The van der Waals surface area contributed by atoms with Crippen LogP contribution in [0.1, 0.15) is 32.3 Å². The Labute approximate surface area is 107 Å². The van der Waals surface area contributed by atoms with Gasteiger partial charge >= 0.3 is 0 Å². The molecule has 1 amide bonds. The van der Waals surface area contributed by atoms with Gasteiger partial charge in [-0.15, -0.1) is 0 Å². The molecule has 0 aliphatic carbocycles. The highest BCUT2D eigenvalue weighted by Crippen LogP contribution is 2.24. The van der Waals surface area contributed by atoms with E-state index in [2.05, 4.69) is 10.3 Å². The van der Waals surface area contributed by atoms with E-state index in [0.717, 1.165) is 18.4 Å². The summed E-state index contributed by atoms with van der Waals surface area (Å²) in [4.78, 5) is 25.6. The fraction of sp³-hybridized carbons (Fsp3) is 0.538. The zero-order valence-electron chi connectivity index (χ0n) is 11.0. The smallest absolute Gasteiger partial charge is 0.247 e. The highest BCUT2D eigenvalue weighted by Gasteiger charge is 2.32. The molecule has 100 valence electrons. The first-order chi connectivity index (χ1) is 8.57. The van der Waals surface area contributed by atoms with E-state index in [0.29, 0.717) is 13.1 Å². The standard InChI is InChI=1S/C13H21N3O2/c1-3-13(4-2,9-14)12(18)16-8-10-5-6-11(17)15-7-10/h5-7H,3-4,8-9,14H2,1-2H3,(H,15,17)(H,16,18). The fourth-order valence-electron chi connectivity index (χ4n) is 1.88. The third-order valence-electron chi connectivity index (χ3n) is 3.53. The zero-order valence-corrected chi connectivity index (χ0v) is 11.0. The van der Waals surface area contributed by atoms with Crippen molar-refractivity contribution in [3.63, 3.8) is 0 Å². The van der Waals surface area contributed by atoms with Gasteiger partial charge in [0.05, 0.1) is 5.41 Å². The highest BCUT2D eigenvalue weighted by atomic mass is 16.2. The summed E-state index contributed by atoms with van der Waals surface area (Å²) in [5, 5.41) is 2.87. The summed E-state index contributed by atoms with van der Waals surface area (Å²) in [6.07, 6.45) is 3.04. The first kappa shape index (κ1) is 14.4. The van der Waals surface area contributed by atoms with Crippen molar-refractivity contribution in [1.82, 2.24) is 10.3 Å². The molecule has 4 N–H and O–H groups in total. The Hall–Kier alpha value is -1.62. The Balaban J connectivity index is 2.65. The largest absolute Gasteiger partial charge is 0.351 e. The molecular formula is C13H21N3O2. The molecule has 0 aromatic carbocycles. The number of H-pyrrole nitrogens is 1. The van der Waals surface area contributed by atoms with Crippen LogP contribution in [-0.4, -0.2) is 17.4 Å². The van der Waals surface area contributed by atoms with Crippen molar-refractivity contribution >= 4 is 5.91 Å². The highest BCUT2D eigenvalue weighted by molar-refractivity contribution is 5.82. The number of nitrogens with one attached hydrogen (secondary N) is 2. The van der Waals surface area contributed by atoms with Crippen LogP contribution in [0.25, 0.3) is 0 Å². The van der Waals surface area contributed by atoms with E-state index in [9.17, 15) is 9.59 Å². The van der Waals surface area contributed by atoms with Crippen molar-refractivity contribution < 1.29 is 4.79 Å². The van der Waals surface area contributed by atoms with E-state index < -0.39 is 5.41 Å². The lowest BCUT2D eigenvalue weighted by Crippen LogP contribution is -2.45. The predicted octanol–water partition coefficient (Wildman–Crippen LogP) is 0.756. The molecule has 18 heavy (non-hydrogen) atoms. The molecule has 1 aromatic heterocycles. The number of amides is 1. The number of carbonyl (C=O) groups excluding carboxylic acids is 1. The van der Waals surface area contributed by atoms with Gasteiger partial charge in [-0.25, -0.2) is 0 Å². The fourth-order valence-corrected chi connectivity index (χ4v) is 1.88. The van der Waals surface area contributed by atoms with Crippen LogP contribution in [0.3, 0.4) is 0 Å². The van der Waals surface area contributed by atoms with Gasteiger partial charge in [-0.05, 0) is 18.4 Å². The third kappa shape index (κ3) is 3.20. The predicted molar refractivity (Wildman–Crippen MR) is 71.0 cm³/mol. The van der Waals surface area contributed by atoms with Crippen LogP contribution in [0, 0.1) is 5.41 Å². The molecule has 5 heteroatoms. The Morgan fingerprint density at radius 3 is 2.50 bits per heavy atom. The zero-order chi connectivity index (χ0) is 13.6. The number of aromatic nitrogens is 1. The van der Waals surface area contributed by atoms with E-state index in [1.807, 2.05) is 13.8 Å². The molecule has 1 aromatic rings. The number of hydrogen-bond acceptors (Lipinski definition) is 3. The summed E-state index contributed by atoms with van der Waals surface area (Å²) in [5.41, 5.74) is 5.94. The number of pyridine rings is 1. The van der Waals surface area contributed by atoms with E-state index in [-0.39, 0.29) is 11.5 Å². The average molecular weight is 251 g/mol. The lowest BCUT2D eigenvalue weighted by molar-refractivity contribution is -0.131. The number of rotatable bonds is 6. The van der Waals surface area contributed by atoms with E-state index >= 15 is 0 Å². The Kier molecular flexibility index (Phi) is 5.09. The number of nitrogens with two attached hydrogens (primary N) is 1. The maximum Gasteiger partial charge on any atom is 0.247 e. The van der Waals surface area contributed by atoms with Gasteiger partial charge in [0.25, 0.3) is 0 Å². The third-order valence-corrected chi connectivity index (χ3v) is 3.53. The van der Waals surface area contributed by atoms with Crippen molar-refractivity contribution in [2.75, 3.05) is 6.54 Å². The van der Waals surface area contributed by atoms with Crippen LogP contribution in [-0.2, 0) is 11.3 Å². The molecule has 0 aliphatic rings. The lowest BCUT2D eigenvalue weighted by atomic mass is 9.81. The minimum absolute atomic E-state index is 0.0267. The van der Waals surface area contributed by atoms with Crippen LogP contribution in [0.5, 0.6) is 0 Å². The molecule has 0 aliphatic heterocycles. The quantitative estimate of drug-likeness (QED) is 0.697. The van der Waals surface area contributed by atoms with Crippen LogP contribution in [0.2, 0.25) is 0 Å². The average Bonchev–Trinajstić information content (AvgIpc) is 2.41. The first-order valence-corrected chi connectivity index (χ1v) is 6.24. The molecule has 1 heterocycles. The number of aromatic amines is 1. The topological polar surface area (TPSA) is 88.0 Å². The maximum atomic E-state index is 12.1. The van der Waals surface area contributed by atoms with Gasteiger partial charge in [-0.2, -0.15) is 0 Å². The number of carbonyl (C=O) groups is 1. The summed E-state index contributed by atoms with van der Waals surface area (Å²) in [5.74, 6) is -0.0267. The summed E-state index contributed by atoms with van der Waals surface area (Å²) in [7, 11) is 0. The second-order valence-electron chi connectivity index (χ2n) is 4.44. The van der Waals surface area contributed by atoms with Crippen molar-refractivity contribution in [3.05, 3.63) is 34.2 Å².